The van der Waals surface area contributed by atoms with Gasteiger partial charge < -0.3 is 9.47 Å². The van der Waals surface area contributed by atoms with Crippen LogP contribution in [0, 0.1) is 0 Å². The molecule has 0 bridgehead atoms. The second kappa shape index (κ2) is 8.05. The lowest BCUT2D eigenvalue weighted by Crippen LogP contribution is -2.35. The summed E-state index contributed by atoms with van der Waals surface area (Å²) in [6, 6.07) is 14.2. The molecule has 2 aromatic rings. The lowest BCUT2D eigenvalue weighted by atomic mass is 10.1. The number of halogens is 1. The first-order chi connectivity index (χ1) is 12.6. The summed E-state index contributed by atoms with van der Waals surface area (Å²) < 4.78 is 10.9. The largest absolute Gasteiger partial charge is 0.493 e. The predicted molar refractivity (Wildman–Crippen MR) is 102 cm³/mol. The zero-order valence-corrected chi connectivity index (χ0v) is 15.7. The second-order valence-electron chi connectivity index (χ2n) is 5.42. The van der Waals surface area contributed by atoms with E-state index in [9.17, 15) is 9.59 Å². The molecule has 1 aliphatic heterocycles. The van der Waals surface area contributed by atoms with Crippen LogP contribution in [0.15, 0.2) is 54.1 Å². The molecule has 1 fully saturated rings. The van der Waals surface area contributed by atoms with E-state index in [-0.39, 0.29) is 5.57 Å². The Bertz CT molecular complexity index is 852. The zero-order valence-electron chi connectivity index (χ0n) is 14.1. The molecule has 6 nitrogen and oxygen atoms in total. The van der Waals surface area contributed by atoms with Crippen molar-refractivity contribution in [2.45, 2.75) is 0 Å². The van der Waals surface area contributed by atoms with Crippen molar-refractivity contribution in [3.8, 4) is 11.5 Å². The van der Waals surface area contributed by atoms with Crippen molar-refractivity contribution in [1.82, 2.24) is 5.43 Å². The van der Waals surface area contributed by atoms with Gasteiger partial charge in [-0.05, 0) is 35.9 Å². The van der Waals surface area contributed by atoms with E-state index >= 15 is 0 Å². The number of benzene rings is 2. The molecular weight excluding hydrogens is 400 g/mol. The third kappa shape index (κ3) is 3.72. The highest BCUT2D eigenvalue weighted by Gasteiger charge is 2.34. The van der Waals surface area contributed by atoms with Crippen molar-refractivity contribution in [3.05, 3.63) is 59.7 Å². The number of hydrogen-bond acceptors (Lipinski definition) is 4. The molecule has 0 aliphatic carbocycles. The summed E-state index contributed by atoms with van der Waals surface area (Å²) in [4.78, 5) is 24.8. The Labute approximate surface area is 159 Å². The molecule has 2 amide bonds. The van der Waals surface area contributed by atoms with Crippen molar-refractivity contribution < 1.29 is 19.1 Å². The fraction of sp³-hybridized carbons (Fsp3) is 0.158. The number of nitrogens with zero attached hydrogens (tertiary/aromatic N) is 1. The normalized spacial score (nSPS) is 15.3. The monoisotopic (exact) mass is 416 g/mol. The minimum absolute atomic E-state index is 0.0602. The van der Waals surface area contributed by atoms with Gasteiger partial charge in [-0.25, -0.2) is 5.01 Å². The summed E-state index contributed by atoms with van der Waals surface area (Å²) in [5.41, 5.74) is 3.90. The molecule has 0 radical (unpaired) electrons. The summed E-state index contributed by atoms with van der Waals surface area (Å²) in [6.45, 7) is 0.504. The number of nitrogens with one attached hydrogen (secondary N) is 1. The number of carbonyl (C=O) groups is 2. The molecule has 1 aliphatic rings. The quantitative estimate of drug-likeness (QED) is 0.446. The molecule has 1 saturated heterocycles. The lowest BCUT2D eigenvalue weighted by Gasteiger charge is -2.13. The van der Waals surface area contributed by atoms with Crippen molar-refractivity contribution >= 4 is 39.5 Å². The number of methoxy groups -OCH3 is 1. The number of rotatable bonds is 6. The first-order valence-electron chi connectivity index (χ1n) is 7.93. The first kappa shape index (κ1) is 18.0. The maximum atomic E-state index is 12.6. The summed E-state index contributed by atoms with van der Waals surface area (Å²) in [5, 5.41) is 1.94. The molecule has 1 N–H and O–H groups in total. The molecule has 0 aromatic heterocycles. The Kier molecular flexibility index (Phi) is 5.58. The molecule has 0 spiro atoms. The summed E-state index contributed by atoms with van der Waals surface area (Å²) in [7, 11) is 1.54. The molecule has 2 aromatic carbocycles. The number of anilines is 1. The van der Waals surface area contributed by atoms with Gasteiger partial charge in [0.25, 0.3) is 11.8 Å². The number of alkyl halides is 1. The van der Waals surface area contributed by atoms with E-state index in [0.29, 0.717) is 34.7 Å². The summed E-state index contributed by atoms with van der Waals surface area (Å²) in [5.74, 6) is 0.283. The van der Waals surface area contributed by atoms with Crippen LogP contribution in [0.25, 0.3) is 6.08 Å². The Morgan fingerprint density at radius 2 is 1.88 bits per heavy atom. The highest BCUT2D eigenvalue weighted by molar-refractivity contribution is 9.09. The number of hydrazine groups is 1. The van der Waals surface area contributed by atoms with Crippen LogP contribution in [0.2, 0.25) is 0 Å². The van der Waals surface area contributed by atoms with Gasteiger partial charge in [0.2, 0.25) is 0 Å². The molecule has 26 heavy (non-hydrogen) atoms. The van der Waals surface area contributed by atoms with Crippen molar-refractivity contribution in [1.29, 1.82) is 0 Å². The van der Waals surface area contributed by atoms with Crippen LogP contribution in [-0.2, 0) is 9.59 Å². The average Bonchev–Trinajstić information content (AvgIpc) is 2.95. The third-order valence-electron chi connectivity index (χ3n) is 3.74. The molecule has 7 heteroatoms. The maximum absolute atomic E-state index is 12.6. The Hall–Kier alpha value is -2.80. The Morgan fingerprint density at radius 1 is 1.12 bits per heavy atom. The topological polar surface area (TPSA) is 67.9 Å². The van der Waals surface area contributed by atoms with E-state index in [2.05, 4.69) is 21.4 Å². The molecule has 0 unspecified atom stereocenters. The van der Waals surface area contributed by atoms with Crippen LogP contribution < -0.4 is 19.9 Å². The van der Waals surface area contributed by atoms with Gasteiger partial charge in [0.1, 0.15) is 5.57 Å². The molecule has 0 saturated carbocycles. The third-order valence-corrected chi connectivity index (χ3v) is 4.06. The van der Waals surface area contributed by atoms with Gasteiger partial charge in [-0.1, -0.05) is 40.2 Å². The number of ether oxygens (including phenoxy) is 2. The highest BCUT2D eigenvalue weighted by atomic mass is 79.9. The molecular formula is C19H17BrN2O4. The smallest absolute Gasteiger partial charge is 0.282 e. The molecule has 3 rings (SSSR count). The molecule has 134 valence electrons. The van der Waals surface area contributed by atoms with Crippen LogP contribution in [0.1, 0.15) is 5.56 Å². The minimum Gasteiger partial charge on any atom is -0.493 e. The van der Waals surface area contributed by atoms with E-state index in [4.69, 9.17) is 9.47 Å². The van der Waals surface area contributed by atoms with E-state index in [1.54, 1.807) is 42.5 Å². The Morgan fingerprint density at radius 3 is 2.58 bits per heavy atom. The lowest BCUT2D eigenvalue weighted by molar-refractivity contribution is -0.117. The number of amides is 2. The average molecular weight is 417 g/mol. The van der Waals surface area contributed by atoms with Crippen LogP contribution in [0.5, 0.6) is 11.5 Å². The zero-order chi connectivity index (χ0) is 18.5. The second-order valence-corrected chi connectivity index (χ2v) is 6.22. The van der Waals surface area contributed by atoms with Gasteiger partial charge in [0, 0.05) is 5.33 Å². The van der Waals surface area contributed by atoms with Crippen molar-refractivity contribution in [2.75, 3.05) is 24.1 Å². The highest BCUT2D eigenvalue weighted by Crippen LogP contribution is 2.30. The van der Waals surface area contributed by atoms with E-state index < -0.39 is 11.8 Å². The van der Waals surface area contributed by atoms with Gasteiger partial charge in [-0.3, -0.25) is 15.0 Å². The minimum atomic E-state index is -0.447. The SMILES string of the molecule is COc1cc(/C=C2\C(=O)NN(c3ccccc3)C2=O)ccc1OCCBr. The molecule has 1 heterocycles. The van der Waals surface area contributed by atoms with Crippen molar-refractivity contribution in [3.63, 3.8) is 0 Å². The van der Waals surface area contributed by atoms with Gasteiger partial charge in [-0.2, -0.15) is 0 Å². The van der Waals surface area contributed by atoms with E-state index in [1.807, 2.05) is 6.07 Å². The Balaban J connectivity index is 1.87. The number of carbonyl (C=O) groups excluding carboxylic acids is 2. The van der Waals surface area contributed by atoms with Gasteiger partial charge >= 0.3 is 0 Å². The van der Waals surface area contributed by atoms with Crippen LogP contribution in [-0.4, -0.2) is 30.9 Å². The first-order valence-corrected chi connectivity index (χ1v) is 9.05. The standard InChI is InChI=1S/C19H17BrN2O4/c1-25-17-12-13(7-8-16(17)26-10-9-20)11-15-18(23)21-22(19(15)24)14-5-3-2-4-6-14/h2-8,11-12H,9-10H2,1H3,(H,21,23)/b15-11+. The predicted octanol–water partition coefficient (Wildman–Crippen LogP) is 2.93. The van der Waals surface area contributed by atoms with Crippen LogP contribution in [0.3, 0.4) is 0 Å². The molecule has 0 atom stereocenters. The fourth-order valence-electron chi connectivity index (χ4n) is 2.52. The van der Waals surface area contributed by atoms with E-state index in [1.165, 1.54) is 18.2 Å². The summed E-state index contributed by atoms with van der Waals surface area (Å²) >= 11 is 3.30. The van der Waals surface area contributed by atoms with Crippen LogP contribution >= 0.6 is 15.9 Å². The maximum Gasteiger partial charge on any atom is 0.282 e. The van der Waals surface area contributed by atoms with Gasteiger partial charge in [0.05, 0.1) is 19.4 Å². The van der Waals surface area contributed by atoms with Crippen molar-refractivity contribution in [2.24, 2.45) is 0 Å². The van der Waals surface area contributed by atoms with Gasteiger partial charge in [-0.15, -0.1) is 0 Å². The summed E-state index contributed by atoms with van der Waals surface area (Å²) in [6.07, 6.45) is 1.54. The van der Waals surface area contributed by atoms with Crippen LogP contribution in [0.4, 0.5) is 5.69 Å². The van der Waals surface area contributed by atoms with Gasteiger partial charge in [0.15, 0.2) is 11.5 Å². The number of hydrogen-bond donors (Lipinski definition) is 1. The van der Waals surface area contributed by atoms with E-state index in [0.717, 1.165) is 0 Å². The fourth-order valence-corrected chi connectivity index (χ4v) is 2.69. The number of para-hydroxylation sites is 1.